The fraction of sp³-hybridized carbons (Fsp3) is 0.500. The summed E-state index contributed by atoms with van der Waals surface area (Å²) in [6, 6.07) is -0.433. The number of carbonyl (C=O) groups is 2. The van der Waals surface area contributed by atoms with Crippen LogP contribution in [0.3, 0.4) is 0 Å². The second-order valence-corrected chi connectivity index (χ2v) is 4.93. The van der Waals surface area contributed by atoms with Crippen molar-refractivity contribution < 1.29 is 9.59 Å². The van der Waals surface area contributed by atoms with Crippen LogP contribution in [0.25, 0.3) is 0 Å². The number of nitrogens with zero attached hydrogens (tertiary/aromatic N) is 2. The lowest BCUT2D eigenvalue weighted by atomic mass is 9.97. The highest BCUT2D eigenvalue weighted by atomic mass is 16.2. The highest BCUT2D eigenvalue weighted by molar-refractivity contribution is 5.97. The van der Waals surface area contributed by atoms with Gasteiger partial charge in [0.05, 0.1) is 0 Å². The molecule has 0 aliphatic rings. The first-order valence-electron chi connectivity index (χ1n) is 5.13. The molecule has 0 aliphatic carbocycles. The van der Waals surface area contributed by atoms with Crippen molar-refractivity contribution in [2.45, 2.75) is 20.8 Å². The summed E-state index contributed by atoms with van der Waals surface area (Å²) in [5.41, 5.74) is 10.5. The Morgan fingerprint density at radius 3 is 2.47 bits per heavy atom. The fourth-order valence-corrected chi connectivity index (χ4v) is 1.14. The highest BCUT2D eigenvalue weighted by Crippen LogP contribution is 2.12. The molecular weight excluding hydrogens is 222 g/mol. The number of anilines is 1. The number of rotatable bonds is 2. The minimum Gasteiger partial charge on any atom is -0.383 e. The molecule has 2 amide bonds. The van der Waals surface area contributed by atoms with Crippen LogP contribution in [0, 0.1) is 5.41 Å². The molecule has 0 aromatic carbocycles. The van der Waals surface area contributed by atoms with Crippen molar-refractivity contribution in [2.24, 2.45) is 11.1 Å². The van der Waals surface area contributed by atoms with Crippen LogP contribution in [0.1, 0.15) is 31.3 Å². The van der Waals surface area contributed by atoms with Crippen molar-refractivity contribution in [2.75, 3.05) is 12.3 Å². The summed E-state index contributed by atoms with van der Waals surface area (Å²) in [5, 5.41) is 2.68. The topological polar surface area (TPSA) is 116 Å². The summed E-state index contributed by atoms with van der Waals surface area (Å²) in [4.78, 5) is 26.3. The van der Waals surface area contributed by atoms with Gasteiger partial charge in [0.15, 0.2) is 5.69 Å². The molecule has 0 unspecified atom stereocenters. The molecule has 7 nitrogen and oxygen atoms in total. The first kappa shape index (κ1) is 13.0. The molecule has 0 fully saturated rings. The number of hydrogen-bond acceptors (Lipinski definition) is 4. The Morgan fingerprint density at radius 1 is 1.47 bits per heavy atom. The van der Waals surface area contributed by atoms with Crippen molar-refractivity contribution in [3.63, 3.8) is 0 Å². The molecule has 94 valence electrons. The standard InChI is InChI=1S/C10H17N5O2/c1-10(2,3)4-13-9(17)15-5-14-6(7(15)11)8(12)16/h5H,4,11H2,1-3H3,(H2,12,16)(H,13,17). The molecule has 1 heterocycles. The van der Waals surface area contributed by atoms with Crippen LogP contribution in [0.5, 0.6) is 0 Å². The average Bonchev–Trinajstić information content (AvgIpc) is 2.55. The van der Waals surface area contributed by atoms with E-state index in [2.05, 4.69) is 10.3 Å². The van der Waals surface area contributed by atoms with Gasteiger partial charge in [-0.2, -0.15) is 0 Å². The lowest BCUT2D eigenvalue weighted by Gasteiger charge is -2.18. The largest absolute Gasteiger partial charge is 0.383 e. The van der Waals surface area contributed by atoms with E-state index >= 15 is 0 Å². The normalized spacial score (nSPS) is 11.2. The lowest BCUT2D eigenvalue weighted by Crippen LogP contribution is -2.35. The van der Waals surface area contributed by atoms with Crippen LogP contribution < -0.4 is 16.8 Å². The second-order valence-electron chi connectivity index (χ2n) is 4.93. The van der Waals surface area contributed by atoms with Gasteiger partial charge in [-0.1, -0.05) is 20.8 Å². The maximum absolute atomic E-state index is 11.7. The predicted octanol–water partition coefficient (Wildman–Crippen LogP) is 0.168. The number of nitrogens with two attached hydrogens (primary N) is 2. The van der Waals surface area contributed by atoms with E-state index in [-0.39, 0.29) is 16.9 Å². The van der Waals surface area contributed by atoms with E-state index in [4.69, 9.17) is 11.5 Å². The molecule has 1 aromatic rings. The lowest BCUT2D eigenvalue weighted by molar-refractivity contribution is 0.0997. The molecule has 0 atom stereocenters. The van der Waals surface area contributed by atoms with E-state index in [1.165, 1.54) is 6.33 Å². The first-order valence-corrected chi connectivity index (χ1v) is 5.13. The zero-order chi connectivity index (χ0) is 13.2. The van der Waals surface area contributed by atoms with Crippen molar-refractivity contribution in [1.29, 1.82) is 0 Å². The number of nitrogens with one attached hydrogen (secondary N) is 1. The minimum absolute atomic E-state index is 0.0441. The van der Waals surface area contributed by atoms with Gasteiger partial charge in [0, 0.05) is 6.54 Å². The Hall–Kier alpha value is -2.05. The maximum Gasteiger partial charge on any atom is 0.328 e. The number of hydrogen-bond donors (Lipinski definition) is 3. The molecule has 0 saturated heterocycles. The van der Waals surface area contributed by atoms with Crippen LogP contribution in [-0.2, 0) is 0 Å². The molecule has 17 heavy (non-hydrogen) atoms. The van der Waals surface area contributed by atoms with E-state index in [1.54, 1.807) is 0 Å². The van der Waals surface area contributed by atoms with Gasteiger partial charge in [-0.05, 0) is 5.41 Å². The Morgan fingerprint density at radius 2 is 2.06 bits per heavy atom. The molecule has 0 aliphatic heterocycles. The predicted molar refractivity (Wildman–Crippen MR) is 63.4 cm³/mol. The van der Waals surface area contributed by atoms with E-state index in [9.17, 15) is 9.59 Å². The average molecular weight is 239 g/mol. The molecular formula is C10H17N5O2. The highest BCUT2D eigenvalue weighted by Gasteiger charge is 2.18. The monoisotopic (exact) mass is 239 g/mol. The summed E-state index contributed by atoms with van der Waals surface area (Å²) < 4.78 is 1.06. The number of nitrogen functional groups attached to an aromatic ring is 1. The number of amides is 2. The van der Waals surface area contributed by atoms with Crippen LogP contribution in [0.2, 0.25) is 0 Å². The number of imidazole rings is 1. The molecule has 0 radical (unpaired) electrons. The van der Waals surface area contributed by atoms with E-state index in [0.717, 1.165) is 4.57 Å². The number of aromatic nitrogens is 2. The van der Waals surface area contributed by atoms with E-state index in [1.807, 2.05) is 20.8 Å². The molecule has 7 heteroatoms. The van der Waals surface area contributed by atoms with Gasteiger partial charge in [-0.15, -0.1) is 0 Å². The van der Waals surface area contributed by atoms with Crippen LogP contribution >= 0.6 is 0 Å². The Balaban J connectivity index is 2.80. The SMILES string of the molecule is CC(C)(C)CNC(=O)n1cnc(C(N)=O)c1N. The van der Waals surface area contributed by atoms with Crippen LogP contribution in [0.4, 0.5) is 10.6 Å². The molecule has 0 saturated carbocycles. The summed E-state index contributed by atoms with van der Waals surface area (Å²) in [5.74, 6) is -0.811. The fourth-order valence-electron chi connectivity index (χ4n) is 1.14. The molecule has 5 N–H and O–H groups in total. The Bertz CT molecular complexity index is 444. The quantitative estimate of drug-likeness (QED) is 0.682. The first-order chi connectivity index (χ1) is 7.72. The zero-order valence-electron chi connectivity index (χ0n) is 10.2. The van der Waals surface area contributed by atoms with E-state index < -0.39 is 11.9 Å². The van der Waals surface area contributed by atoms with Gasteiger partial charge in [-0.3, -0.25) is 4.79 Å². The molecule has 0 bridgehead atoms. The number of primary amides is 1. The maximum atomic E-state index is 11.7. The van der Waals surface area contributed by atoms with Crippen molar-refractivity contribution in [3.8, 4) is 0 Å². The van der Waals surface area contributed by atoms with Gasteiger partial charge < -0.3 is 16.8 Å². The van der Waals surface area contributed by atoms with Crippen LogP contribution in [-0.4, -0.2) is 28.0 Å². The smallest absolute Gasteiger partial charge is 0.328 e. The Kier molecular flexibility index (Phi) is 3.40. The van der Waals surface area contributed by atoms with Gasteiger partial charge >= 0.3 is 6.03 Å². The third-order valence-corrected chi connectivity index (χ3v) is 2.03. The van der Waals surface area contributed by atoms with Crippen LogP contribution in [0.15, 0.2) is 6.33 Å². The Labute approximate surface area is 99.2 Å². The van der Waals surface area contributed by atoms with Crippen molar-refractivity contribution in [1.82, 2.24) is 14.9 Å². The third-order valence-electron chi connectivity index (χ3n) is 2.03. The van der Waals surface area contributed by atoms with Gasteiger partial charge in [-0.25, -0.2) is 14.3 Å². The summed E-state index contributed by atoms with van der Waals surface area (Å²) >= 11 is 0. The van der Waals surface area contributed by atoms with Crippen molar-refractivity contribution >= 4 is 17.8 Å². The summed E-state index contributed by atoms with van der Waals surface area (Å²) in [6.45, 7) is 6.44. The van der Waals surface area contributed by atoms with E-state index in [0.29, 0.717) is 6.54 Å². The summed E-state index contributed by atoms with van der Waals surface area (Å²) in [6.07, 6.45) is 1.17. The summed E-state index contributed by atoms with van der Waals surface area (Å²) in [7, 11) is 0. The van der Waals surface area contributed by atoms with Gasteiger partial charge in [0.25, 0.3) is 5.91 Å². The third kappa shape index (κ3) is 3.20. The van der Waals surface area contributed by atoms with Gasteiger partial charge in [0.1, 0.15) is 12.1 Å². The second kappa shape index (κ2) is 4.44. The van der Waals surface area contributed by atoms with Gasteiger partial charge in [0.2, 0.25) is 0 Å². The zero-order valence-corrected chi connectivity index (χ0v) is 10.2. The number of carbonyl (C=O) groups excluding carboxylic acids is 2. The minimum atomic E-state index is -0.759. The molecule has 0 spiro atoms. The molecule has 1 aromatic heterocycles. The molecule has 1 rings (SSSR count). The van der Waals surface area contributed by atoms with Crippen molar-refractivity contribution in [3.05, 3.63) is 12.0 Å².